The second-order valence-corrected chi connectivity index (χ2v) is 7.14. The van der Waals surface area contributed by atoms with Gasteiger partial charge in [-0.3, -0.25) is 14.4 Å². The van der Waals surface area contributed by atoms with Gasteiger partial charge >= 0.3 is 6.18 Å². The van der Waals surface area contributed by atoms with E-state index < -0.39 is 37.0 Å². The van der Waals surface area contributed by atoms with Gasteiger partial charge in [0.25, 0.3) is 5.91 Å². The number of alkyl halides is 3. The van der Waals surface area contributed by atoms with Crippen molar-refractivity contribution in [3.63, 3.8) is 0 Å². The number of piperidine rings is 1. The second kappa shape index (κ2) is 9.47. The molecule has 1 aliphatic rings. The zero-order chi connectivity index (χ0) is 20.9. The van der Waals surface area contributed by atoms with Crippen molar-refractivity contribution in [2.75, 3.05) is 26.2 Å². The average Bonchev–Trinajstić information content (AvgIpc) is 2.65. The largest absolute Gasteiger partial charge is 0.405 e. The number of amides is 3. The highest BCUT2D eigenvalue weighted by molar-refractivity contribution is 6.42. The molecule has 3 amide bonds. The molecule has 1 unspecified atom stereocenters. The van der Waals surface area contributed by atoms with Gasteiger partial charge in [0.2, 0.25) is 11.8 Å². The normalized spacial score (nSPS) is 17.2. The quantitative estimate of drug-likeness (QED) is 0.739. The van der Waals surface area contributed by atoms with E-state index in [0.29, 0.717) is 30.0 Å². The summed E-state index contributed by atoms with van der Waals surface area (Å²) in [4.78, 5) is 37.7. The maximum atomic E-state index is 12.6. The van der Waals surface area contributed by atoms with Crippen molar-refractivity contribution in [3.8, 4) is 0 Å². The van der Waals surface area contributed by atoms with Crippen LogP contribution in [0.2, 0.25) is 10.0 Å². The number of hydrogen-bond acceptors (Lipinski definition) is 3. The van der Waals surface area contributed by atoms with E-state index in [0.717, 1.165) is 0 Å². The topological polar surface area (TPSA) is 78.5 Å². The highest BCUT2D eigenvalue weighted by Gasteiger charge is 2.30. The van der Waals surface area contributed by atoms with Crippen LogP contribution in [0.15, 0.2) is 18.2 Å². The number of halogens is 5. The summed E-state index contributed by atoms with van der Waals surface area (Å²) in [6.07, 6.45) is -3.44. The third-order valence-corrected chi connectivity index (χ3v) is 4.89. The van der Waals surface area contributed by atoms with Crippen LogP contribution in [0, 0.1) is 5.92 Å². The zero-order valence-corrected chi connectivity index (χ0v) is 16.1. The SMILES string of the molecule is O=C(CNC(=O)C1CCCN(C(=O)c2ccc(Cl)c(Cl)c2)C1)NCC(F)(F)F. The Labute approximate surface area is 169 Å². The minimum Gasteiger partial charge on any atom is -0.347 e. The maximum absolute atomic E-state index is 12.6. The first-order chi connectivity index (χ1) is 13.1. The lowest BCUT2D eigenvalue weighted by Crippen LogP contribution is -2.47. The Morgan fingerprint density at radius 2 is 1.86 bits per heavy atom. The van der Waals surface area contributed by atoms with E-state index in [9.17, 15) is 27.6 Å². The molecule has 1 aliphatic heterocycles. The highest BCUT2D eigenvalue weighted by Crippen LogP contribution is 2.25. The molecule has 0 spiro atoms. The van der Waals surface area contributed by atoms with Crippen LogP contribution < -0.4 is 10.6 Å². The molecule has 1 aromatic rings. The summed E-state index contributed by atoms with van der Waals surface area (Å²) >= 11 is 11.8. The van der Waals surface area contributed by atoms with Gasteiger partial charge in [-0.05, 0) is 31.0 Å². The molecule has 28 heavy (non-hydrogen) atoms. The molecule has 0 saturated carbocycles. The van der Waals surface area contributed by atoms with Crippen molar-refractivity contribution < 1.29 is 27.6 Å². The number of nitrogens with one attached hydrogen (secondary N) is 2. The van der Waals surface area contributed by atoms with Crippen molar-refractivity contribution >= 4 is 40.9 Å². The summed E-state index contributed by atoms with van der Waals surface area (Å²) < 4.78 is 36.2. The van der Waals surface area contributed by atoms with Crippen molar-refractivity contribution in [1.82, 2.24) is 15.5 Å². The Balaban J connectivity index is 1.88. The first-order valence-electron chi connectivity index (χ1n) is 8.42. The number of carbonyl (C=O) groups excluding carboxylic acids is 3. The Hall–Kier alpha value is -2.00. The fourth-order valence-electron chi connectivity index (χ4n) is 2.76. The molecule has 0 radical (unpaired) electrons. The Morgan fingerprint density at radius 1 is 1.14 bits per heavy atom. The molecule has 6 nitrogen and oxygen atoms in total. The number of likely N-dealkylation sites (tertiary alicyclic amines) is 1. The molecule has 1 saturated heterocycles. The first-order valence-corrected chi connectivity index (χ1v) is 9.18. The first kappa shape index (κ1) is 22.3. The smallest absolute Gasteiger partial charge is 0.347 e. The second-order valence-electron chi connectivity index (χ2n) is 6.33. The van der Waals surface area contributed by atoms with Gasteiger partial charge in [-0.2, -0.15) is 13.2 Å². The summed E-state index contributed by atoms with van der Waals surface area (Å²) in [5.41, 5.74) is 0.335. The van der Waals surface area contributed by atoms with Gasteiger partial charge in [0.05, 0.1) is 22.5 Å². The molecular weight excluding hydrogens is 422 g/mol. The molecule has 154 valence electrons. The summed E-state index contributed by atoms with van der Waals surface area (Å²) in [6, 6.07) is 4.48. The van der Waals surface area contributed by atoms with Crippen LogP contribution in [0.25, 0.3) is 0 Å². The zero-order valence-electron chi connectivity index (χ0n) is 14.6. The van der Waals surface area contributed by atoms with Gasteiger partial charge in [-0.1, -0.05) is 23.2 Å². The highest BCUT2D eigenvalue weighted by atomic mass is 35.5. The number of nitrogens with zero attached hydrogens (tertiary/aromatic N) is 1. The van der Waals surface area contributed by atoms with E-state index in [4.69, 9.17) is 23.2 Å². The molecule has 1 fully saturated rings. The Bertz CT molecular complexity index is 759. The fourth-order valence-corrected chi connectivity index (χ4v) is 3.06. The summed E-state index contributed by atoms with van der Waals surface area (Å²) in [5, 5.41) is 4.54. The number of rotatable bonds is 5. The van der Waals surface area contributed by atoms with Gasteiger partial charge in [0, 0.05) is 18.7 Å². The predicted octanol–water partition coefficient (Wildman–Crippen LogP) is 2.64. The monoisotopic (exact) mass is 439 g/mol. The van der Waals surface area contributed by atoms with E-state index in [1.165, 1.54) is 23.1 Å². The van der Waals surface area contributed by atoms with Crippen LogP contribution in [0.5, 0.6) is 0 Å². The molecular formula is C17H18Cl2F3N3O3. The fraction of sp³-hybridized carbons (Fsp3) is 0.471. The molecule has 0 aromatic heterocycles. The summed E-state index contributed by atoms with van der Waals surface area (Å²) in [6.45, 7) is -1.44. The maximum Gasteiger partial charge on any atom is 0.405 e. The molecule has 1 heterocycles. The number of benzene rings is 1. The predicted molar refractivity (Wildman–Crippen MR) is 97.2 cm³/mol. The lowest BCUT2D eigenvalue weighted by Gasteiger charge is -2.32. The molecule has 0 aliphatic carbocycles. The Kier molecular flexibility index (Phi) is 7.54. The van der Waals surface area contributed by atoms with Crippen molar-refractivity contribution in [1.29, 1.82) is 0 Å². The lowest BCUT2D eigenvalue weighted by molar-refractivity contribution is -0.138. The number of carbonyl (C=O) groups is 3. The van der Waals surface area contributed by atoms with E-state index in [2.05, 4.69) is 5.32 Å². The number of hydrogen-bond donors (Lipinski definition) is 2. The van der Waals surface area contributed by atoms with Gasteiger partial charge in [-0.15, -0.1) is 0 Å². The van der Waals surface area contributed by atoms with Gasteiger partial charge in [0.1, 0.15) is 6.54 Å². The van der Waals surface area contributed by atoms with Crippen LogP contribution in [0.3, 0.4) is 0 Å². The van der Waals surface area contributed by atoms with Crippen LogP contribution in [-0.2, 0) is 9.59 Å². The minimum absolute atomic E-state index is 0.134. The third-order valence-electron chi connectivity index (χ3n) is 4.16. The molecule has 1 aromatic carbocycles. The Morgan fingerprint density at radius 3 is 2.50 bits per heavy atom. The average molecular weight is 440 g/mol. The van der Waals surface area contributed by atoms with Crippen molar-refractivity contribution in [3.05, 3.63) is 33.8 Å². The molecule has 1 atom stereocenters. The van der Waals surface area contributed by atoms with Crippen LogP contribution >= 0.6 is 23.2 Å². The van der Waals surface area contributed by atoms with Crippen LogP contribution in [0.1, 0.15) is 23.2 Å². The molecule has 2 rings (SSSR count). The van der Waals surface area contributed by atoms with Crippen LogP contribution in [0.4, 0.5) is 13.2 Å². The molecule has 2 N–H and O–H groups in total. The minimum atomic E-state index is -4.52. The van der Waals surface area contributed by atoms with E-state index in [-0.39, 0.29) is 17.5 Å². The van der Waals surface area contributed by atoms with Gasteiger partial charge < -0.3 is 15.5 Å². The van der Waals surface area contributed by atoms with Gasteiger partial charge in [-0.25, -0.2) is 0 Å². The summed E-state index contributed by atoms with van der Waals surface area (Å²) in [7, 11) is 0. The summed E-state index contributed by atoms with van der Waals surface area (Å²) in [5.74, 6) is -2.30. The van der Waals surface area contributed by atoms with E-state index in [1.54, 1.807) is 5.32 Å². The van der Waals surface area contributed by atoms with Crippen LogP contribution in [-0.4, -0.2) is 55.0 Å². The van der Waals surface area contributed by atoms with E-state index >= 15 is 0 Å². The lowest BCUT2D eigenvalue weighted by atomic mass is 9.96. The van der Waals surface area contributed by atoms with Crippen molar-refractivity contribution in [2.24, 2.45) is 5.92 Å². The standard InChI is InChI=1S/C17H18Cl2F3N3O3/c18-12-4-3-10(6-13(12)19)16(28)25-5-1-2-11(8-25)15(27)23-7-14(26)24-9-17(20,21)22/h3-4,6,11H,1-2,5,7-9H2,(H,23,27)(H,24,26). The third kappa shape index (κ3) is 6.56. The molecule has 11 heteroatoms. The van der Waals surface area contributed by atoms with Crippen molar-refractivity contribution in [2.45, 2.75) is 19.0 Å². The molecule has 0 bridgehead atoms. The van der Waals surface area contributed by atoms with Gasteiger partial charge in [0.15, 0.2) is 0 Å². The van der Waals surface area contributed by atoms with E-state index in [1.807, 2.05) is 0 Å².